The maximum atomic E-state index is 10.3. The van der Waals surface area contributed by atoms with Crippen LogP contribution >= 0.6 is 0 Å². The van der Waals surface area contributed by atoms with Gasteiger partial charge >= 0.3 is 0 Å². The Kier molecular flexibility index (Phi) is 5.66. The Hall–Kier alpha value is -0.710. The number of rotatable bonds is 5. The second-order valence-electron chi connectivity index (χ2n) is 3.98. The zero-order valence-corrected chi connectivity index (χ0v) is 10.1. The molecule has 0 aromatic carbocycles. The first kappa shape index (κ1) is 13.4. The summed E-state index contributed by atoms with van der Waals surface area (Å²) in [5.74, 6) is 0.214. The Morgan fingerprint density at radius 3 is 2.00 bits per heavy atom. The average Bonchev–Trinajstić information content (AvgIpc) is 2.35. The topological polar surface area (TPSA) is 44.8 Å². The lowest BCUT2D eigenvalue weighted by Gasteiger charge is -2.38. The van der Waals surface area contributed by atoms with Crippen molar-refractivity contribution in [3.8, 4) is 0 Å². The monoisotopic (exact) mass is 228 g/mol. The molecular weight excluding hydrogens is 208 g/mol. The van der Waals surface area contributed by atoms with Crippen molar-refractivity contribution in [2.24, 2.45) is 5.92 Å². The van der Waals surface area contributed by atoms with Crippen LogP contribution in [0.3, 0.4) is 0 Å². The van der Waals surface area contributed by atoms with Gasteiger partial charge in [-0.15, -0.1) is 0 Å². The first-order chi connectivity index (χ1) is 7.76. The molecule has 4 atom stereocenters. The van der Waals surface area contributed by atoms with Gasteiger partial charge in [-0.05, 0) is 12.5 Å². The molecule has 0 radical (unpaired) electrons. The zero-order valence-electron chi connectivity index (χ0n) is 10.1. The van der Waals surface area contributed by atoms with Gasteiger partial charge in [0.2, 0.25) is 0 Å². The molecule has 1 aliphatic carbocycles. The van der Waals surface area contributed by atoms with E-state index >= 15 is 0 Å². The second-order valence-corrected chi connectivity index (χ2v) is 3.98. The molecule has 0 bridgehead atoms. The maximum absolute atomic E-state index is 10.3. The van der Waals surface area contributed by atoms with Crippen LogP contribution in [0, 0.1) is 5.92 Å². The highest BCUT2D eigenvalue weighted by Gasteiger charge is 2.36. The molecule has 16 heavy (non-hydrogen) atoms. The van der Waals surface area contributed by atoms with Crippen LogP contribution in [0.2, 0.25) is 0 Å². The van der Waals surface area contributed by atoms with Crippen LogP contribution in [0.5, 0.6) is 0 Å². The molecule has 0 saturated heterocycles. The molecule has 4 heteroatoms. The molecule has 4 nitrogen and oxygen atoms in total. The van der Waals surface area contributed by atoms with Gasteiger partial charge in [0.25, 0.3) is 0 Å². The largest absolute Gasteiger partial charge is 0.381 e. The molecule has 0 aromatic rings. The smallest absolute Gasteiger partial charge is 0.142 e. The minimum atomic E-state index is 0.0656. The van der Waals surface area contributed by atoms with Gasteiger partial charge in [0.15, 0.2) is 0 Å². The highest BCUT2D eigenvalue weighted by Crippen LogP contribution is 2.31. The van der Waals surface area contributed by atoms with Crippen LogP contribution in [0.25, 0.3) is 0 Å². The van der Waals surface area contributed by atoms with Crippen LogP contribution in [0.1, 0.15) is 12.8 Å². The summed E-state index contributed by atoms with van der Waals surface area (Å²) in [7, 11) is 5.06. The van der Waals surface area contributed by atoms with Crippen molar-refractivity contribution < 1.29 is 19.0 Å². The van der Waals surface area contributed by atoms with Crippen molar-refractivity contribution in [3.63, 3.8) is 0 Å². The van der Waals surface area contributed by atoms with Crippen molar-refractivity contribution in [2.45, 2.75) is 31.2 Å². The molecule has 1 aliphatic rings. The van der Waals surface area contributed by atoms with E-state index in [4.69, 9.17) is 14.2 Å². The van der Waals surface area contributed by atoms with Crippen LogP contribution < -0.4 is 0 Å². The summed E-state index contributed by atoms with van der Waals surface area (Å²) in [5.41, 5.74) is 0. The van der Waals surface area contributed by atoms with E-state index in [1.54, 1.807) is 21.3 Å². The first-order valence-corrected chi connectivity index (χ1v) is 5.47. The van der Waals surface area contributed by atoms with Crippen molar-refractivity contribution >= 4 is 6.29 Å². The van der Waals surface area contributed by atoms with E-state index in [0.29, 0.717) is 0 Å². The number of carbonyl (C=O) groups is 1. The third kappa shape index (κ3) is 3.14. The standard InChI is InChI=1S/C12H20O4/c1-14-10-8-12(16-3)11(15-2)7-9(10)5-4-6-13/h4-6,9-12H,7-8H2,1-3H3/b5-4+. The van der Waals surface area contributed by atoms with Gasteiger partial charge in [-0.3, -0.25) is 4.79 Å². The van der Waals surface area contributed by atoms with E-state index in [0.717, 1.165) is 19.1 Å². The van der Waals surface area contributed by atoms with E-state index in [1.165, 1.54) is 6.08 Å². The first-order valence-electron chi connectivity index (χ1n) is 5.47. The minimum Gasteiger partial charge on any atom is -0.381 e. The number of ether oxygens (including phenoxy) is 3. The van der Waals surface area contributed by atoms with Crippen LogP contribution in [0.4, 0.5) is 0 Å². The number of methoxy groups -OCH3 is 3. The van der Waals surface area contributed by atoms with Gasteiger partial charge in [0.05, 0.1) is 18.3 Å². The number of hydrogen-bond donors (Lipinski definition) is 0. The summed E-state index contributed by atoms with van der Waals surface area (Å²) in [6.45, 7) is 0. The Morgan fingerprint density at radius 1 is 0.938 bits per heavy atom. The number of allylic oxidation sites excluding steroid dienone is 1. The molecule has 4 unspecified atom stereocenters. The van der Waals surface area contributed by atoms with Crippen LogP contribution in [-0.4, -0.2) is 45.9 Å². The summed E-state index contributed by atoms with van der Waals surface area (Å²) in [5, 5.41) is 0. The molecule has 0 amide bonds. The van der Waals surface area contributed by atoms with Crippen molar-refractivity contribution in [3.05, 3.63) is 12.2 Å². The summed E-state index contributed by atoms with van der Waals surface area (Å²) >= 11 is 0. The Bertz CT molecular complexity index is 239. The third-order valence-corrected chi connectivity index (χ3v) is 3.21. The Labute approximate surface area is 96.6 Å². The molecule has 1 rings (SSSR count). The fraction of sp³-hybridized carbons (Fsp3) is 0.750. The van der Waals surface area contributed by atoms with E-state index < -0.39 is 0 Å². The van der Waals surface area contributed by atoms with Gasteiger partial charge in [0.1, 0.15) is 6.29 Å². The van der Waals surface area contributed by atoms with E-state index in [9.17, 15) is 4.79 Å². The molecule has 92 valence electrons. The lowest BCUT2D eigenvalue weighted by Crippen LogP contribution is -2.44. The van der Waals surface area contributed by atoms with Gasteiger partial charge in [0, 0.05) is 33.7 Å². The lowest BCUT2D eigenvalue weighted by atomic mass is 9.82. The van der Waals surface area contributed by atoms with Gasteiger partial charge < -0.3 is 14.2 Å². The molecule has 0 spiro atoms. The van der Waals surface area contributed by atoms with Gasteiger partial charge in [-0.25, -0.2) is 0 Å². The maximum Gasteiger partial charge on any atom is 0.142 e. The SMILES string of the molecule is COC1CC(OC)C(OC)CC1/C=C/C=O. The minimum absolute atomic E-state index is 0.0656. The van der Waals surface area contributed by atoms with Crippen LogP contribution in [0.15, 0.2) is 12.2 Å². The molecule has 1 saturated carbocycles. The predicted molar refractivity (Wildman–Crippen MR) is 60.3 cm³/mol. The van der Waals surface area contributed by atoms with Crippen molar-refractivity contribution in [2.75, 3.05) is 21.3 Å². The average molecular weight is 228 g/mol. The Morgan fingerprint density at radius 2 is 1.50 bits per heavy atom. The number of carbonyl (C=O) groups excluding carboxylic acids is 1. The molecule has 0 aliphatic heterocycles. The number of hydrogen-bond acceptors (Lipinski definition) is 4. The van der Waals surface area contributed by atoms with E-state index in [2.05, 4.69) is 0 Å². The molecule has 0 heterocycles. The number of aldehydes is 1. The van der Waals surface area contributed by atoms with E-state index in [-0.39, 0.29) is 24.2 Å². The zero-order chi connectivity index (χ0) is 12.0. The highest BCUT2D eigenvalue weighted by atomic mass is 16.5. The summed E-state index contributed by atoms with van der Waals surface area (Å²) in [6, 6.07) is 0. The second kappa shape index (κ2) is 6.78. The highest BCUT2D eigenvalue weighted by molar-refractivity contribution is 5.64. The van der Waals surface area contributed by atoms with E-state index in [1.807, 2.05) is 6.08 Å². The normalized spacial score (nSPS) is 35.4. The fourth-order valence-electron chi connectivity index (χ4n) is 2.28. The van der Waals surface area contributed by atoms with Gasteiger partial charge in [-0.1, -0.05) is 6.08 Å². The molecule has 0 aromatic heterocycles. The van der Waals surface area contributed by atoms with Crippen molar-refractivity contribution in [1.29, 1.82) is 0 Å². The summed E-state index contributed by atoms with van der Waals surface area (Å²) in [4.78, 5) is 10.3. The Balaban J connectivity index is 2.69. The summed E-state index contributed by atoms with van der Waals surface area (Å²) < 4.78 is 16.2. The quantitative estimate of drug-likeness (QED) is 0.524. The molecule has 1 fully saturated rings. The summed E-state index contributed by atoms with van der Waals surface area (Å²) in [6.07, 6.45) is 6.03. The molecule has 0 N–H and O–H groups in total. The van der Waals surface area contributed by atoms with Gasteiger partial charge in [-0.2, -0.15) is 0 Å². The molecular formula is C12H20O4. The van der Waals surface area contributed by atoms with Crippen molar-refractivity contribution in [1.82, 2.24) is 0 Å². The van der Waals surface area contributed by atoms with Crippen LogP contribution in [-0.2, 0) is 19.0 Å². The lowest BCUT2D eigenvalue weighted by molar-refractivity contribution is -0.109. The third-order valence-electron chi connectivity index (χ3n) is 3.21. The predicted octanol–water partition coefficient (Wildman–Crippen LogP) is 1.20. The fourth-order valence-corrected chi connectivity index (χ4v) is 2.28.